The molecule has 0 saturated heterocycles. The van der Waals surface area contributed by atoms with Crippen molar-refractivity contribution in [3.8, 4) is 0 Å². The second-order valence-electron chi connectivity index (χ2n) is 5.30. The number of nitrogens with one attached hydrogen (secondary N) is 1. The van der Waals surface area contributed by atoms with Gasteiger partial charge in [-0.25, -0.2) is 4.98 Å². The van der Waals surface area contributed by atoms with Gasteiger partial charge in [0.15, 0.2) is 0 Å². The summed E-state index contributed by atoms with van der Waals surface area (Å²) in [5, 5.41) is 15.2. The largest absolute Gasteiger partial charge is 0.384 e. The summed E-state index contributed by atoms with van der Waals surface area (Å²) in [7, 11) is 0. The van der Waals surface area contributed by atoms with E-state index in [0.29, 0.717) is 5.52 Å². The van der Waals surface area contributed by atoms with E-state index in [4.69, 9.17) is 0 Å². The van der Waals surface area contributed by atoms with E-state index < -0.39 is 0 Å². The monoisotopic (exact) mass is 271 g/mol. The van der Waals surface area contributed by atoms with E-state index in [2.05, 4.69) is 10.3 Å². The van der Waals surface area contributed by atoms with Crippen molar-refractivity contribution >= 4 is 22.3 Å². The van der Waals surface area contributed by atoms with Gasteiger partial charge in [-0.1, -0.05) is 19.3 Å². The van der Waals surface area contributed by atoms with Gasteiger partial charge in [0.05, 0.1) is 4.92 Å². The van der Waals surface area contributed by atoms with Crippen LogP contribution in [0.1, 0.15) is 25.7 Å². The maximum Gasteiger partial charge on any atom is 0.295 e. The molecule has 1 N–H and O–H groups in total. The number of non-ortho nitro benzene ring substituents is 1. The molecule has 0 spiro atoms. The zero-order valence-electron chi connectivity index (χ0n) is 11.2. The van der Waals surface area contributed by atoms with Crippen LogP contribution in [0.25, 0.3) is 10.9 Å². The Balaban J connectivity index is 1.83. The number of nitrogens with zero attached hydrogens (tertiary/aromatic N) is 2. The van der Waals surface area contributed by atoms with Crippen molar-refractivity contribution in [2.45, 2.75) is 25.7 Å². The van der Waals surface area contributed by atoms with Crippen LogP contribution in [0.15, 0.2) is 30.5 Å². The number of pyridine rings is 1. The van der Waals surface area contributed by atoms with Gasteiger partial charge < -0.3 is 5.32 Å². The Kier molecular flexibility index (Phi) is 3.50. The predicted molar refractivity (Wildman–Crippen MR) is 78.8 cm³/mol. The molecule has 0 bridgehead atoms. The fourth-order valence-corrected chi connectivity index (χ4v) is 2.65. The van der Waals surface area contributed by atoms with Crippen LogP contribution >= 0.6 is 0 Å². The lowest BCUT2D eigenvalue weighted by molar-refractivity contribution is -0.383. The minimum Gasteiger partial charge on any atom is -0.384 e. The van der Waals surface area contributed by atoms with E-state index in [1.54, 1.807) is 12.3 Å². The number of aromatic nitrogens is 1. The highest BCUT2D eigenvalue weighted by molar-refractivity contribution is 5.96. The molecule has 1 aromatic carbocycles. The van der Waals surface area contributed by atoms with Crippen LogP contribution in [0.2, 0.25) is 0 Å². The van der Waals surface area contributed by atoms with Gasteiger partial charge in [-0.05, 0) is 30.5 Å². The molecule has 1 aliphatic carbocycles. The van der Waals surface area contributed by atoms with Gasteiger partial charge in [0.25, 0.3) is 5.69 Å². The Morgan fingerprint density at radius 2 is 2.20 bits per heavy atom. The standard InChI is InChI=1S/C15H17N3O2/c19-18(20)14-7-6-13(12-5-2-9-17-15(12)14)16-10-8-11-3-1-4-11/h2,5-7,9,11,16H,1,3-4,8,10H2. The van der Waals surface area contributed by atoms with Crippen LogP contribution in [-0.2, 0) is 0 Å². The second kappa shape index (κ2) is 5.45. The van der Waals surface area contributed by atoms with Crippen molar-refractivity contribution in [3.05, 3.63) is 40.6 Å². The third kappa shape index (κ3) is 2.43. The molecule has 1 aromatic heterocycles. The lowest BCUT2D eigenvalue weighted by Crippen LogP contribution is -2.15. The molecule has 1 saturated carbocycles. The van der Waals surface area contributed by atoms with Gasteiger partial charge in [0, 0.05) is 29.9 Å². The molecule has 5 nitrogen and oxygen atoms in total. The number of hydrogen-bond acceptors (Lipinski definition) is 4. The minimum absolute atomic E-state index is 0.0603. The van der Waals surface area contributed by atoms with E-state index in [1.165, 1.54) is 31.7 Å². The molecule has 0 unspecified atom stereocenters. The van der Waals surface area contributed by atoms with Gasteiger partial charge in [-0.3, -0.25) is 10.1 Å². The molecule has 104 valence electrons. The van der Waals surface area contributed by atoms with Crippen molar-refractivity contribution in [2.24, 2.45) is 5.92 Å². The first kappa shape index (κ1) is 12.8. The summed E-state index contributed by atoms with van der Waals surface area (Å²) in [6.07, 6.45) is 6.79. The highest BCUT2D eigenvalue weighted by atomic mass is 16.6. The highest BCUT2D eigenvalue weighted by Gasteiger charge is 2.18. The van der Waals surface area contributed by atoms with Crippen molar-refractivity contribution in [3.63, 3.8) is 0 Å². The van der Waals surface area contributed by atoms with Crippen molar-refractivity contribution in [1.82, 2.24) is 4.98 Å². The molecule has 2 aromatic rings. The zero-order valence-corrected chi connectivity index (χ0v) is 11.2. The van der Waals surface area contributed by atoms with Crippen LogP contribution in [0.4, 0.5) is 11.4 Å². The third-order valence-electron chi connectivity index (χ3n) is 4.04. The Hall–Kier alpha value is -2.17. The highest BCUT2D eigenvalue weighted by Crippen LogP contribution is 2.31. The molecule has 1 heterocycles. The molecule has 1 aliphatic rings. The maximum absolute atomic E-state index is 11.0. The van der Waals surface area contributed by atoms with Gasteiger partial charge in [0.1, 0.15) is 5.52 Å². The molecule has 20 heavy (non-hydrogen) atoms. The van der Waals surface area contributed by atoms with Crippen LogP contribution in [0.3, 0.4) is 0 Å². The van der Waals surface area contributed by atoms with Crippen molar-refractivity contribution in [1.29, 1.82) is 0 Å². The van der Waals surface area contributed by atoms with E-state index in [9.17, 15) is 10.1 Å². The smallest absolute Gasteiger partial charge is 0.295 e. The molecule has 0 aliphatic heterocycles. The molecule has 0 amide bonds. The maximum atomic E-state index is 11.0. The normalized spacial score (nSPS) is 15.0. The predicted octanol–water partition coefficient (Wildman–Crippen LogP) is 3.75. The summed E-state index contributed by atoms with van der Waals surface area (Å²) in [5.74, 6) is 0.852. The van der Waals surface area contributed by atoms with Crippen LogP contribution in [0.5, 0.6) is 0 Å². The first-order chi connectivity index (χ1) is 9.75. The second-order valence-corrected chi connectivity index (χ2v) is 5.30. The minimum atomic E-state index is -0.381. The van der Waals surface area contributed by atoms with Gasteiger partial charge in [0.2, 0.25) is 0 Å². The molecule has 5 heteroatoms. The first-order valence-corrected chi connectivity index (χ1v) is 7.01. The number of nitro benzene ring substituents is 1. The van der Waals surface area contributed by atoms with Crippen molar-refractivity contribution < 1.29 is 4.92 Å². The zero-order chi connectivity index (χ0) is 13.9. The van der Waals surface area contributed by atoms with Crippen molar-refractivity contribution in [2.75, 3.05) is 11.9 Å². The van der Waals surface area contributed by atoms with Gasteiger partial charge >= 0.3 is 0 Å². The SMILES string of the molecule is O=[N+]([O-])c1ccc(NCCC2CCC2)c2cccnc12. The fraction of sp³-hybridized carbons (Fsp3) is 0.400. The summed E-state index contributed by atoms with van der Waals surface area (Å²) in [4.78, 5) is 14.8. The number of anilines is 1. The summed E-state index contributed by atoms with van der Waals surface area (Å²) < 4.78 is 0. The molecular weight excluding hydrogens is 254 g/mol. The Morgan fingerprint density at radius 3 is 2.90 bits per heavy atom. The number of fused-ring (bicyclic) bond motifs is 1. The van der Waals surface area contributed by atoms with Crippen LogP contribution in [0, 0.1) is 16.0 Å². The summed E-state index contributed by atoms with van der Waals surface area (Å²) >= 11 is 0. The summed E-state index contributed by atoms with van der Waals surface area (Å²) in [6, 6.07) is 6.99. The van der Waals surface area contributed by atoms with E-state index in [-0.39, 0.29) is 10.6 Å². The number of rotatable bonds is 5. The van der Waals surface area contributed by atoms with E-state index in [1.807, 2.05) is 12.1 Å². The third-order valence-corrected chi connectivity index (χ3v) is 4.04. The van der Waals surface area contributed by atoms with Gasteiger partial charge in [-0.15, -0.1) is 0 Å². The molecule has 0 atom stereocenters. The van der Waals surface area contributed by atoms with Gasteiger partial charge in [-0.2, -0.15) is 0 Å². The van der Waals surface area contributed by atoms with Crippen LogP contribution in [-0.4, -0.2) is 16.5 Å². The average molecular weight is 271 g/mol. The lowest BCUT2D eigenvalue weighted by atomic mass is 9.83. The van der Waals surface area contributed by atoms with Crippen LogP contribution < -0.4 is 5.32 Å². The number of benzene rings is 1. The molecule has 3 rings (SSSR count). The Labute approximate surface area is 117 Å². The first-order valence-electron chi connectivity index (χ1n) is 7.01. The topological polar surface area (TPSA) is 68.1 Å². The number of hydrogen-bond donors (Lipinski definition) is 1. The summed E-state index contributed by atoms with van der Waals surface area (Å²) in [6.45, 7) is 0.909. The Bertz CT molecular complexity index is 638. The lowest BCUT2D eigenvalue weighted by Gasteiger charge is -2.25. The quantitative estimate of drug-likeness (QED) is 0.664. The molecular formula is C15H17N3O2. The Morgan fingerprint density at radius 1 is 1.35 bits per heavy atom. The van der Waals surface area contributed by atoms with E-state index >= 15 is 0 Å². The summed E-state index contributed by atoms with van der Waals surface area (Å²) in [5.41, 5.74) is 1.44. The average Bonchev–Trinajstić information content (AvgIpc) is 2.41. The fourth-order valence-electron chi connectivity index (χ4n) is 2.65. The van der Waals surface area contributed by atoms with E-state index in [0.717, 1.165) is 23.5 Å². The number of nitro groups is 1. The molecule has 1 fully saturated rings. The molecule has 0 radical (unpaired) electrons.